The third-order valence-electron chi connectivity index (χ3n) is 2.43. The number of rotatable bonds is 3. The van der Waals surface area contributed by atoms with E-state index in [2.05, 4.69) is 26.2 Å². The molecule has 1 aromatic carbocycles. The average Bonchev–Trinajstić information content (AvgIpc) is 2.41. The van der Waals surface area contributed by atoms with Crippen LogP contribution in [-0.2, 0) is 0 Å². The molecule has 0 unspecified atom stereocenters. The number of hydrogen-bond acceptors (Lipinski definition) is 3. The van der Waals surface area contributed by atoms with E-state index in [0.29, 0.717) is 15.8 Å². The molecule has 1 amide bonds. The number of carbonyl (C=O) groups excluding carboxylic acids is 1. The molecule has 2 rings (SSSR count). The molecule has 0 aliphatic carbocycles. The van der Waals surface area contributed by atoms with Gasteiger partial charge in [-0.2, -0.15) is 0 Å². The first-order valence-electron chi connectivity index (χ1n) is 5.36. The highest BCUT2D eigenvalue weighted by Crippen LogP contribution is 2.22. The van der Waals surface area contributed by atoms with Crippen LogP contribution in [-0.4, -0.2) is 18.0 Å². The molecule has 1 heterocycles. The lowest BCUT2D eigenvalue weighted by atomic mass is 10.2. The Kier molecular flexibility index (Phi) is 4.11. The molecule has 19 heavy (non-hydrogen) atoms. The molecule has 0 saturated carbocycles. The van der Waals surface area contributed by atoms with E-state index in [0.717, 1.165) is 0 Å². The van der Waals surface area contributed by atoms with Crippen molar-refractivity contribution in [2.24, 2.45) is 0 Å². The molecule has 4 nitrogen and oxygen atoms in total. The van der Waals surface area contributed by atoms with Crippen LogP contribution in [0.4, 0.5) is 10.1 Å². The van der Waals surface area contributed by atoms with Crippen molar-refractivity contribution >= 4 is 27.5 Å². The predicted molar refractivity (Wildman–Crippen MR) is 72.8 cm³/mol. The number of halogens is 2. The Morgan fingerprint density at radius 2 is 2.21 bits per heavy atom. The number of nitrogens with zero attached hydrogens (tertiary/aromatic N) is 1. The van der Waals surface area contributed by atoms with E-state index in [1.54, 1.807) is 6.07 Å². The van der Waals surface area contributed by atoms with E-state index >= 15 is 0 Å². The molecule has 0 bridgehead atoms. The van der Waals surface area contributed by atoms with Crippen LogP contribution in [0.5, 0.6) is 5.75 Å². The van der Waals surface area contributed by atoms with Crippen LogP contribution in [0.3, 0.4) is 0 Å². The van der Waals surface area contributed by atoms with Crippen molar-refractivity contribution in [1.82, 2.24) is 4.98 Å². The van der Waals surface area contributed by atoms with Gasteiger partial charge >= 0.3 is 0 Å². The summed E-state index contributed by atoms with van der Waals surface area (Å²) in [5.41, 5.74) is 0.395. The lowest BCUT2D eigenvalue weighted by Crippen LogP contribution is -2.14. The van der Waals surface area contributed by atoms with E-state index in [4.69, 9.17) is 4.74 Å². The second-order valence-corrected chi connectivity index (χ2v) is 4.57. The molecule has 6 heteroatoms. The normalized spacial score (nSPS) is 10.1. The summed E-state index contributed by atoms with van der Waals surface area (Å²) in [5.74, 6) is -0.645. The van der Waals surface area contributed by atoms with Crippen LogP contribution in [0.1, 0.15) is 10.4 Å². The summed E-state index contributed by atoms with van der Waals surface area (Å²) in [6, 6.07) is 5.90. The average molecular weight is 325 g/mol. The quantitative estimate of drug-likeness (QED) is 0.942. The van der Waals surface area contributed by atoms with E-state index in [1.807, 2.05) is 0 Å². The van der Waals surface area contributed by atoms with Gasteiger partial charge in [-0.3, -0.25) is 9.78 Å². The molecule has 0 aliphatic heterocycles. The topological polar surface area (TPSA) is 51.2 Å². The maximum absolute atomic E-state index is 13.6. The number of pyridine rings is 1. The second-order valence-electron chi connectivity index (χ2n) is 3.65. The van der Waals surface area contributed by atoms with Gasteiger partial charge in [0.1, 0.15) is 11.6 Å². The minimum absolute atomic E-state index is 0.104. The minimum Gasteiger partial charge on any atom is -0.494 e. The van der Waals surface area contributed by atoms with E-state index in [-0.39, 0.29) is 5.69 Å². The number of benzene rings is 1. The zero-order valence-electron chi connectivity index (χ0n) is 9.98. The molecular weight excluding hydrogens is 315 g/mol. The van der Waals surface area contributed by atoms with Gasteiger partial charge in [-0.25, -0.2) is 4.39 Å². The maximum atomic E-state index is 13.6. The number of aromatic nitrogens is 1. The summed E-state index contributed by atoms with van der Waals surface area (Å²) in [5, 5.41) is 2.49. The van der Waals surface area contributed by atoms with Crippen molar-refractivity contribution in [2.75, 3.05) is 12.4 Å². The first-order valence-corrected chi connectivity index (χ1v) is 6.15. The zero-order valence-corrected chi connectivity index (χ0v) is 11.6. The predicted octanol–water partition coefficient (Wildman–Crippen LogP) is 3.24. The fraction of sp³-hybridized carbons (Fsp3) is 0.0769. The number of carbonyl (C=O) groups is 1. The van der Waals surface area contributed by atoms with Gasteiger partial charge in [-0.05, 0) is 24.3 Å². The summed E-state index contributed by atoms with van der Waals surface area (Å²) in [6.07, 6.45) is 2.89. The molecule has 1 aromatic heterocycles. The number of methoxy groups -OCH3 is 1. The summed E-state index contributed by atoms with van der Waals surface area (Å²) in [7, 11) is 1.44. The zero-order chi connectivity index (χ0) is 13.8. The van der Waals surface area contributed by atoms with E-state index in [1.165, 1.54) is 37.7 Å². The van der Waals surface area contributed by atoms with Gasteiger partial charge in [0.15, 0.2) is 0 Å². The molecule has 0 atom stereocenters. The number of nitrogens with one attached hydrogen (secondary N) is 1. The summed E-state index contributed by atoms with van der Waals surface area (Å²) < 4.78 is 19.3. The molecule has 0 radical (unpaired) electrons. The highest BCUT2D eigenvalue weighted by Gasteiger charge is 2.14. The Labute approximate surface area is 117 Å². The molecule has 0 saturated heterocycles. The fourth-order valence-electron chi connectivity index (χ4n) is 1.51. The Morgan fingerprint density at radius 1 is 1.42 bits per heavy atom. The Bertz CT molecular complexity index is 619. The van der Waals surface area contributed by atoms with Gasteiger partial charge in [0.25, 0.3) is 5.91 Å². The summed E-state index contributed by atoms with van der Waals surface area (Å²) in [6.45, 7) is 0. The monoisotopic (exact) mass is 324 g/mol. The Morgan fingerprint density at radius 3 is 2.89 bits per heavy atom. The summed E-state index contributed by atoms with van der Waals surface area (Å²) >= 11 is 3.15. The van der Waals surface area contributed by atoms with Gasteiger partial charge < -0.3 is 10.1 Å². The molecule has 1 N–H and O–H groups in total. The first-order chi connectivity index (χ1) is 9.11. The Hall–Kier alpha value is -1.95. The molecule has 2 aromatic rings. The van der Waals surface area contributed by atoms with Crippen molar-refractivity contribution in [2.45, 2.75) is 0 Å². The van der Waals surface area contributed by atoms with Crippen molar-refractivity contribution in [3.8, 4) is 5.75 Å². The van der Waals surface area contributed by atoms with Gasteiger partial charge in [0.2, 0.25) is 0 Å². The smallest absolute Gasteiger partial charge is 0.259 e. The lowest BCUT2D eigenvalue weighted by molar-refractivity contribution is 0.102. The third kappa shape index (κ3) is 3.08. The number of ether oxygens (including phenoxy) is 1. The maximum Gasteiger partial charge on any atom is 0.259 e. The van der Waals surface area contributed by atoms with Crippen LogP contribution >= 0.6 is 15.9 Å². The second kappa shape index (κ2) is 5.79. The molecule has 0 spiro atoms. The lowest BCUT2D eigenvalue weighted by Gasteiger charge is -2.09. The van der Waals surface area contributed by atoms with Gasteiger partial charge in [0, 0.05) is 10.7 Å². The molecular formula is C13H10BrFN2O2. The van der Waals surface area contributed by atoms with Crippen LogP contribution in [0.25, 0.3) is 0 Å². The first kappa shape index (κ1) is 13.5. The highest BCUT2D eigenvalue weighted by molar-refractivity contribution is 9.10. The van der Waals surface area contributed by atoms with Crippen LogP contribution in [0.15, 0.2) is 41.1 Å². The number of amides is 1. The van der Waals surface area contributed by atoms with Crippen LogP contribution in [0.2, 0.25) is 0 Å². The van der Waals surface area contributed by atoms with Crippen LogP contribution in [0, 0.1) is 5.82 Å². The number of hydrogen-bond donors (Lipinski definition) is 1. The number of anilines is 1. The van der Waals surface area contributed by atoms with Crippen molar-refractivity contribution < 1.29 is 13.9 Å². The largest absolute Gasteiger partial charge is 0.494 e. The molecule has 98 valence electrons. The van der Waals surface area contributed by atoms with Crippen molar-refractivity contribution in [3.05, 3.63) is 52.5 Å². The van der Waals surface area contributed by atoms with Crippen LogP contribution < -0.4 is 10.1 Å². The van der Waals surface area contributed by atoms with Gasteiger partial charge in [0.05, 0.1) is 24.6 Å². The highest BCUT2D eigenvalue weighted by atomic mass is 79.9. The SMILES string of the molecule is COc1cnccc1C(=O)Nc1ccc(Br)cc1F. The van der Waals surface area contributed by atoms with Gasteiger partial charge in [-0.15, -0.1) is 0 Å². The van der Waals surface area contributed by atoms with E-state index in [9.17, 15) is 9.18 Å². The minimum atomic E-state index is -0.518. The standard InChI is InChI=1S/C13H10BrFN2O2/c1-19-12-7-16-5-4-9(12)13(18)17-11-3-2-8(14)6-10(11)15/h2-7H,1H3,(H,17,18). The van der Waals surface area contributed by atoms with Gasteiger partial charge in [-0.1, -0.05) is 15.9 Å². The molecule has 0 aliphatic rings. The van der Waals surface area contributed by atoms with E-state index < -0.39 is 11.7 Å². The Balaban J connectivity index is 2.26. The summed E-state index contributed by atoms with van der Waals surface area (Å²) in [4.78, 5) is 15.9. The third-order valence-corrected chi connectivity index (χ3v) is 2.92. The molecule has 0 fully saturated rings. The van der Waals surface area contributed by atoms with Crippen molar-refractivity contribution in [1.29, 1.82) is 0 Å². The van der Waals surface area contributed by atoms with Crippen molar-refractivity contribution in [3.63, 3.8) is 0 Å². The fourth-order valence-corrected chi connectivity index (χ4v) is 1.84.